The van der Waals surface area contributed by atoms with Crippen molar-refractivity contribution in [3.05, 3.63) is 30.6 Å². The van der Waals surface area contributed by atoms with Gasteiger partial charge < -0.3 is 5.32 Å². The minimum absolute atomic E-state index is 0.00339. The first-order valence-corrected chi connectivity index (χ1v) is 6.84. The molecule has 2 aromatic heterocycles. The van der Waals surface area contributed by atoms with Crippen LogP contribution in [-0.2, 0) is 4.79 Å². The van der Waals surface area contributed by atoms with Crippen molar-refractivity contribution in [2.24, 2.45) is 5.92 Å². The van der Waals surface area contributed by atoms with Crippen LogP contribution in [0.15, 0.2) is 30.6 Å². The minimum atomic E-state index is 0.00339. The van der Waals surface area contributed by atoms with E-state index in [-0.39, 0.29) is 11.8 Å². The first kappa shape index (κ1) is 12.0. The van der Waals surface area contributed by atoms with Crippen LogP contribution < -0.4 is 5.32 Å². The number of amides is 1. The van der Waals surface area contributed by atoms with E-state index in [1.807, 2.05) is 37.6 Å². The van der Waals surface area contributed by atoms with Gasteiger partial charge in [-0.25, -0.2) is 4.52 Å². The molecule has 2 heterocycles. The third kappa shape index (κ3) is 2.61. The Labute approximate surface area is 104 Å². The zero-order valence-corrected chi connectivity index (χ0v) is 10.7. The molecule has 0 saturated carbocycles. The maximum atomic E-state index is 11.9. The molecule has 0 aliphatic rings. The molecule has 90 valence electrons. The van der Waals surface area contributed by atoms with Crippen molar-refractivity contribution < 1.29 is 4.79 Å². The van der Waals surface area contributed by atoms with E-state index in [4.69, 9.17) is 0 Å². The van der Waals surface area contributed by atoms with Gasteiger partial charge in [0.25, 0.3) is 0 Å². The Kier molecular flexibility index (Phi) is 3.68. The van der Waals surface area contributed by atoms with Gasteiger partial charge in [0.1, 0.15) is 0 Å². The van der Waals surface area contributed by atoms with Gasteiger partial charge in [-0.2, -0.15) is 16.9 Å². The average Bonchev–Trinajstić information content (AvgIpc) is 2.73. The second-order valence-corrected chi connectivity index (χ2v) is 4.85. The molecule has 4 nitrogen and oxygen atoms in total. The summed E-state index contributed by atoms with van der Waals surface area (Å²) in [6, 6.07) is 5.77. The fourth-order valence-corrected chi connectivity index (χ4v) is 2.26. The average molecular weight is 249 g/mol. The molecule has 0 aliphatic carbocycles. The Morgan fingerprint density at radius 3 is 3.18 bits per heavy atom. The highest BCUT2D eigenvalue weighted by atomic mass is 32.2. The van der Waals surface area contributed by atoms with E-state index < -0.39 is 0 Å². The second-order valence-electron chi connectivity index (χ2n) is 3.93. The van der Waals surface area contributed by atoms with Crippen LogP contribution in [0.2, 0.25) is 0 Å². The monoisotopic (exact) mass is 249 g/mol. The largest absolute Gasteiger partial charge is 0.323 e. The standard InChI is InChI=1S/C12H15N3OS/c1-9(8-17-2)12(16)14-10-7-13-15-6-4-3-5-11(10)15/h3-7,9H,8H2,1-2H3,(H,14,16). The highest BCUT2D eigenvalue weighted by Crippen LogP contribution is 2.17. The maximum Gasteiger partial charge on any atom is 0.228 e. The Morgan fingerprint density at radius 2 is 2.41 bits per heavy atom. The van der Waals surface area contributed by atoms with Gasteiger partial charge in [-0.15, -0.1) is 0 Å². The maximum absolute atomic E-state index is 11.9. The van der Waals surface area contributed by atoms with Crippen molar-refractivity contribution in [3.8, 4) is 0 Å². The molecule has 1 unspecified atom stereocenters. The summed E-state index contributed by atoms with van der Waals surface area (Å²) >= 11 is 1.67. The highest BCUT2D eigenvalue weighted by Gasteiger charge is 2.14. The van der Waals surface area contributed by atoms with Gasteiger partial charge in [0, 0.05) is 17.9 Å². The van der Waals surface area contributed by atoms with Crippen LogP contribution in [0.25, 0.3) is 5.52 Å². The number of hydrogen-bond acceptors (Lipinski definition) is 3. The summed E-state index contributed by atoms with van der Waals surface area (Å²) in [7, 11) is 0. The smallest absolute Gasteiger partial charge is 0.228 e. The molecule has 2 rings (SSSR count). The molecule has 1 amide bonds. The summed E-state index contributed by atoms with van der Waals surface area (Å²) in [5, 5.41) is 7.09. The molecule has 1 atom stereocenters. The van der Waals surface area contributed by atoms with Crippen LogP contribution in [0.3, 0.4) is 0 Å². The van der Waals surface area contributed by atoms with Gasteiger partial charge >= 0.3 is 0 Å². The Morgan fingerprint density at radius 1 is 1.59 bits per heavy atom. The summed E-state index contributed by atoms with van der Waals surface area (Å²) < 4.78 is 1.74. The number of nitrogens with one attached hydrogen (secondary N) is 1. The van der Waals surface area contributed by atoms with E-state index in [1.54, 1.807) is 22.5 Å². The molecule has 0 aromatic carbocycles. The number of thioether (sulfide) groups is 1. The number of anilines is 1. The summed E-state index contributed by atoms with van der Waals surface area (Å²) in [6.45, 7) is 1.93. The van der Waals surface area contributed by atoms with Gasteiger partial charge in [-0.05, 0) is 18.4 Å². The quantitative estimate of drug-likeness (QED) is 0.904. The molecule has 17 heavy (non-hydrogen) atoms. The molecule has 0 radical (unpaired) electrons. The first-order chi connectivity index (χ1) is 8.22. The van der Waals surface area contributed by atoms with E-state index >= 15 is 0 Å². The Hall–Kier alpha value is -1.49. The molecule has 1 N–H and O–H groups in total. The lowest BCUT2D eigenvalue weighted by atomic mass is 10.2. The van der Waals surface area contributed by atoms with E-state index in [0.29, 0.717) is 0 Å². The molecule has 0 spiro atoms. The summed E-state index contributed by atoms with van der Waals surface area (Å²) in [5.41, 5.74) is 1.68. The summed E-state index contributed by atoms with van der Waals surface area (Å²) in [4.78, 5) is 11.9. The van der Waals surface area contributed by atoms with Crippen LogP contribution in [0, 0.1) is 5.92 Å². The van der Waals surface area contributed by atoms with Gasteiger partial charge in [0.15, 0.2) is 0 Å². The SMILES string of the molecule is CSCC(C)C(=O)Nc1cnn2ccccc12. The Balaban J connectivity index is 2.16. The van der Waals surface area contributed by atoms with Crippen LogP contribution >= 0.6 is 11.8 Å². The lowest BCUT2D eigenvalue weighted by Crippen LogP contribution is -2.21. The molecule has 2 aromatic rings. The molecular formula is C12H15N3OS. The number of rotatable bonds is 4. The van der Waals surface area contributed by atoms with Gasteiger partial charge in [-0.1, -0.05) is 13.0 Å². The van der Waals surface area contributed by atoms with Crippen molar-refractivity contribution in [1.29, 1.82) is 0 Å². The van der Waals surface area contributed by atoms with E-state index in [0.717, 1.165) is 17.0 Å². The third-order valence-corrected chi connectivity index (χ3v) is 3.38. The number of carbonyl (C=O) groups is 1. The molecule has 5 heteroatoms. The van der Waals surface area contributed by atoms with E-state index in [2.05, 4.69) is 10.4 Å². The van der Waals surface area contributed by atoms with Crippen molar-refractivity contribution >= 4 is 28.9 Å². The molecule has 0 bridgehead atoms. The van der Waals surface area contributed by atoms with E-state index in [1.165, 1.54) is 0 Å². The fraction of sp³-hybridized carbons (Fsp3) is 0.333. The highest BCUT2D eigenvalue weighted by molar-refractivity contribution is 7.98. The zero-order valence-electron chi connectivity index (χ0n) is 9.88. The Bertz CT molecular complexity index is 523. The van der Waals surface area contributed by atoms with E-state index in [9.17, 15) is 4.79 Å². The molecule has 0 fully saturated rings. The minimum Gasteiger partial charge on any atom is -0.323 e. The summed E-state index contributed by atoms with van der Waals surface area (Å²) in [6.07, 6.45) is 5.54. The third-order valence-electron chi connectivity index (χ3n) is 2.55. The first-order valence-electron chi connectivity index (χ1n) is 5.44. The van der Waals surface area contributed by atoms with Gasteiger partial charge in [0.05, 0.1) is 17.4 Å². The molecule has 0 saturated heterocycles. The zero-order chi connectivity index (χ0) is 12.3. The second kappa shape index (κ2) is 5.23. The lowest BCUT2D eigenvalue weighted by Gasteiger charge is -2.09. The van der Waals surface area contributed by atoms with Crippen molar-refractivity contribution in [3.63, 3.8) is 0 Å². The predicted molar refractivity (Wildman–Crippen MR) is 71.4 cm³/mol. The van der Waals surface area contributed by atoms with Gasteiger partial charge in [-0.3, -0.25) is 4.79 Å². The normalized spacial score (nSPS) is 12.6. The predicted octanol–water partition coefficient (Wildman–Crippen LogP) is 2.27. The fourth-order valence-electron chi connectivity index (χ4n) is 1.61. The van der Waals surface area contributed by atoms with Crippen LogP contribution in [0.5, 0.6) is 0 Å². The van der Waals surface area contributed by atoms with Gasteiger partial charge in [0.2, 0.25) is 5.91 Å². The topological polar surface area (TPSA) is 46.4 Å². The van der Waals surface area contributed by atoms with Crippen LogP contribution in [0.4, 0.5) is 5.69 Å². The van der Waals surface area contributed by atoms with Crippen molar-refractivity contribution in [2.75, 3.05) is 17.3 Å². The van der Waals surface area contributed by atoms with Crippen LogP contribution in [-0.4, -0.2) is 27.5 Å². The lowest BCUT2D eigenvalue weighted by molar-refractivity contribution is -0.118. The van der Waals surface area contributed by atoms with Crippen molar-refractivity contribution in [2.45, 2.75) is 6.92 Å². The number of nitrogens with zero attached hydrogens (tertiary/aromatic N) is 2. The molecular weight excluding hydrogens is 234 g/mol. The summed E-state index contributed by atoms with van der Waals surface area (Å²) in [5.74, 6) is 0.868. The number of fused-ring (bicyclic) bond motifs is 1. The number of hydrogen-bond donors (Lipinski definition) is 1. The number of pyridine rings is 1. The number of carbonyl (C=O) groups excluding carboxylic acids is 1. The number of aromatic nitrogens is 2. The van der Waals surface area contributed by atoms with Crippen LogP contribution in [0.1, 0.15) is 6.92 Å². The van der Waals surface area contributed by atoms with Crippen molar-refractivity contribution in [1.82, 2.24) is 9.61 Å². The molecule has 0 aliphatic heterocycles.